The summed E-state index contributed by atoms with van der Waals surface area (Å²) in [5, 5.41) is 2.79. The average Bonchev–Trinajstić information content (AvgIpc) is 2.69. The lowest BCUT2D eigenvalue weighted by Gasteiger charge is -2.33. The second kappa shape index (κ2) is 8.90. The van der Waals surface area contributed by atoms with E-state index in [9.17, 15) is 14.4 Å². The van der Waals surface area contributed by atoms with Gasteiger partial charge in [0, 0.05) is 25.3 Å². The predicted molar refractivity (Wildman–Crippen MR) is 112 cm³/mol. The van der Waals surface area contributed by atoms with Gasteiger partial charge in [0.1, 0.15) is 6.54 Å². The Kier molecular flexibility index (Phi) is 6.32. The first kappa shape index (κ1) is 20.6. The van der Waals surface area contributed by atoms with Gasteiger partial charge in [0.2, 0.25) is 5.91 Å². The van der Waals surface area contributed by atoms with Gasteiger partial charge in [-0.2, -0.15) is 0 Å². The molecule has 1 aliphatic rings. The molecule has 6 nitrogen and oxygen atoms in total. The molecule has 2 aromatic carbocycles. The molecule has 6 heteroatoms. The summed E-state index contributed by atoms with van der Waals surface area (Å²) in [4.78, 5) is 40.1. The van der Waals surface area contributed by atoms with E-state index in [2.05, 4.69) is 19.2 Å². The van der Waals surface area contributed by atoms with Gasteiger partial charge in [0.05, 0.1) is 0 Å². The molecule has 1 saturated heterocycles. The van der Waals surface area contributed by atoms with Gasteiger partial charge in [0.15, 0.2) is 0 Å². The van der Waals surface area contributed by atoms with Crippen molar-refractivity contribution in [3.8, 4) is 0 Å². The molecule has 3 amide bonds. The van der Waals surface area contributed by atoms with E-state index < -0.39 is 11.8 Å². The zero-order valence-corrected chi connectivity index (χ0v) is 17.1. The number of hydrogen-bond acceptors (Lipinski definition) is 3. The zero-order chi connectivity index (χ0) is 21.0. The summed E-state index contributed by atoms with van der Waals surface area (Å²) in [6.45, 7) is 7.23. The van der Waals surface area contributed by atoms with Crippen LogP contribution in [0.2, 0.25) is 0 Å². The number of nitrogens with one attached hydrogen (secondary N) is 1. The van der Waals surface area contributed by atoms with Gasteiger partial charge in [-0.1, -0.05) is 55.8 Å². The van der Waals surface area contributed by atoms with Gasteiger partial charge in [-0.15, -0.1) is 0 Å². The molecular weight excluding hydrogens is 366 g/mol. The Bertz CT molecular complexity index is 889. The van der Waals surface area contributed by atoms with Crippen molar-refractivity contribution in [1.29, 1.82) is 0 Å². The Morgan fingerprint density at radius 2 is 1.52 bits per heavy atom. The molecule has 1 fully saturated rings. The van der Waals surface area contributed by atoms with Gasteiger partial charge in [0.25, 0.3) is 0 Å². The summed E-state index contributed by atoms with van der Waals surface area (Å²) in [5.74, 6) is -1.09. The third kappa shape index (κ3) is 5.22. The van der Waals surface area contributed by atoms with Crippen LogP contribution in [-0.4, -0.2) is 47.2 Å². The summed E-state index contributed by atoms with van der Waals surface area (Å²) < 4.78 is 0. The van der Waals surface area contributed by atoms with Gasteiger partial charge in [-0.05, 0) is 36.1 Å². The minimum atomic E-state index is -0.631. The van der Waals surface area contributed by atoms with Crippen LogP contribution in [0.1, 0.15) is 36.5 Å². The maximum Gasteiger partial charge on any atom is 0.312 e. The van der Waals surface area contributed by atoms with Crippen molar-refractivity contribution >= 4 is 23.4 Å². The van der Waals surface area contributed by atoms with Crippen LogP contribution in [0.5, 0.6) is 0 Å². The number of carbonyl (C=O) groups excluding carboxylic acids is 3. The van der Waals surface area contributed by atoms with E-state index in [0.29, 0.717) is 31.2 Å². The van der Waals surface area contributed by atoms with Crippen molar-refractivity contribution in [3.63, 3.8) is 0 Å². The molecule has 0 unspecified atom stereocenters. The molecule has 1 aliphatic heterocycles. The fourth-order valence-corrected chi connectivity index (χ4v) is 3.26. The highest BCUT2D eigenvalue weighted by Crippen LogP contribution is 2.17. The minimum Gasteiger partial charge on any atom is -0.328 e. The molecule has 1 N–H and O–H groups in total. The molecule has 0 bridgehead atoms. The van der Waals surface area contributed by atoms with Crippen LogP contribution >= 0.6 is 0 Å². The number of benzene rings is 2. The number of rotatable bonds is 6. The largest absolute Gasteiger partial charge is 0.328 e. The van der Waals surface area contributed by atoms with Crippen LogP contribution in [0.3, 0.4) is 0 Å². The summed E-state index contributed by atoms with van der Waals surface area (Å²) in [5.41, 5.74) is 3.99. The Morgan fingerprint density at radius 3 is 2.14 bits per heavy atom. The highest BCUT2D eigenvalue weighted by atomic mass is 16.2. The van der Waals surface area contributed by atoms with Crippen molar-refractivity contribution < 1.29 is 14.4 Å². The topological polar surface area (TPSA) is 69.7 Å². The van der Waals surface area contributed by atoms with Crippen molar-refractivity contribution in [2.45, 2.75) is 33.2 Å². The SMILES string of the molecule is Cc1ccc(CN2CCN(CC(=O)Nc3ccc(C(C)C)cc3)C(=O)C2=O)cc1. The number of carbonyl (C=O) groups is 3. The monoisotopic (exact) mass is 393 g/mol. The Hall–Kier alpha value is -3.15. The summed E-state index contributed by atoms with van der Waals surface area (Å²) >= 11 is 0. The average molecular weight is 393 g/mol. The van der Waals surface area contributed by atoms with Crippen LogP contribution in [-0.2, 0) is 20.9 Å². The molecule has 152 valence electrons. The van der Waals surface area contributed by atoms with E-state index in [1.54, 1.807) is 0 Å². The number of hydrogen-bond donors (Lipinski definition) is 1. The third-order valence-corrected chi connectivity index (χ3v) is 5.09. The molecule has 0 atom stereocenters. The summed E-state index contributed by atoms with van der Waals surface area (Å²) in [6, 6.07) is 15.5. The quantitative estimate of drug-likeness (QED) is 0.767. The Labute approximate surface area is 171 Å². The van der Waals surface area contributed by atoms with E-state index in [1.165, 1.54) is 15.4 Å². The first-order valence-electron chi connectivity index (χ1n) is 9.87. The molecule has 0 radical (unpaired) electrons. The standard InChI is InChI=1S/C23H27N3O3/c1-16(2)19-8-10-20(11-9-19)24-21(27)15-26-13-12-25(22(28)23(26)29)14-18-6-4-17(3)5-7-18/h4-11,16H,12-15H2,1-3H3,(H,24,27). The van der Waals surface area contributed by atoms with Crippen molar-refractivity contribution in [3.05, 3.63) is 65.2 Å². The molecule has 0 saturated carbocycles. The van der Waals surface area contributed by atoms with Gasteiger partial charge in [-0.3, -0.25) is 14.4 Å². The summed E-state index contributed by atoms with van der Waals surface area (Å²) in [6.07, 6.45) is 0. The molecule has 2 aromatic rings. The number of aryl methyl sites for hydroxylation is 1. The molecule has 0 aliphatic carbocycles. The van der Waals surface area contributed by atoms with E-state index in [0.717, 1.165) is 11.1 Å². The maximum absolute atomic E-state index is 12.5. The second-order valence-corrected chi connectivity index (χ2v) is 7.76. The Morgan fingerprint density at radius 1 is 0.931 bits per heavy atom. The number of nitrogens with zero attached hydrogens (tertiary/aromatic N) is 2. The van der Waals surface area contributed by atoms with E-state index in [4.69, 9.17) is 0 Å². The highest BCUT2D eigenvalue weighted by Gasteiger charge is 2.33. The molecule has 3 rings (SSSR count). The maximum atomic E-state index is 12.5. The lowest BCUT2D eigenvalue weighted by Crippen LogP contribution is -2.55. The minimum absolute atomic E-state index is 0.130. The van der Waals surface area contributed by atoms with Gasteiger partial charge >= 0.3 is 11.8 Å². The normalized spacial score (nSPS) is 14.5. The summed E-state index contributed by atoms with van der Waals surface area (Å²) in [7, 11) is 0. The van der Waals surface area contributed by atoms with Crippen LogP contribution in [0.25, 0.3) is 0 Å². The fraction of sp³-hybridized carbons (Fsp3) is 0.348. The van der Waals surface area contributed by atoms with Crippen LogP contribution in [0.15, 0.2) is 48.5 Å². The number of anilines is 1. The first-order chi connectivity index (χ1) is 13.8. The van der Waals surface area contributed by atoms with Crippen molar-refractivity contribution in [2.24, 2.45) is 0 Å². The first-order valence-corrected chi connectivity index (χ1v) is 9.87. The van der Waals surface area contributed by atoms with E-state index in [-0.39, 0.29) is 12.5 Å². The van der Waals surface area contributed by atoms with Crippen LogP contribution < -0.4 is 5.32 Å². The number of piperazine rings is 1. The highest BCUT2D eigenvalue weighted by molar-refractivity contribution is 6.35. The van der Waals surface area contributed by atoms with Crippen LogP contribution in [0.4, 0.5) is 5.69 Å². The Balaban J connectivity index is 1.54. The molecule has 0 aromatic heterocycles. The smallest absolute Gasteiger partial charge is 0.312 e. The van der Waals surface area contributed by atoms with Crippen molar-refractivity contribution in [1.82, 2.24) is 9.80 Å². The van der Waals surface area contributed by atoms with Crippen molar-refractivity contribution in [2.75, 3.05) is 25.0 Å². The lowest BCUT2D eigenvalue weighted by atomic mass is 10.0. The molecule has 1 heterocycles. The fourth-order valence-electron chi connectivity index (χ4n) is 3.26. The van der Waals surface area contributed by atoms with Gasteiger partial charge in [-0.25, -0.2) is 0 Å². The van der Waals surface area contributed by atoms with Gasteiger partial charge < -0.3 is 15.1 Å². The lowest BCUT2D eigenvalue weighted by molar-refractivity contribution is -0.157. The zero-order valence-electron chi connectivity index (χ0n) is 17.1. The molecule has 0 spiro atoms. The second-order valence-electron chi connectivity index (χ2n) is 7.76. The predicted octanol–water partition coefficient (Wildman–Crippen LogP) is 2.93. The van der Waals surface area contributed by atoms with Crippen LogP contribution in [0, 0.1) is 6.92 Å². The molecular formula is C23H27N3O3. The van der Waals surface area contributed by atoms with E-state index in [1.807, 2.05) is 55.5 Å². The number of amides is 3. The van der Waals surface area contributed by atoms with E-state index >= 15 is 0 Å². The molecule has 29 heavy (non-hydrogen) atoms. The third-order valence-electron chi connectivity index (χ3n) is 5.09.